The molecule has 1 aliphatic heterocycles. The van der Waals surface area contributed by atoms with Gasteiger partial charge in [0.25, 0.3) is 0 Å². The molecule has 1 aliphatic rings. The van der Waals surface area contributed by atoms with Crippen molar-refractivity contribution in [2.24, 2.45) is 13.0 Å². The number of nitrogens with one attached hydrogen (secondary N) is 1. The predicted octanol–water partition coefficient (Wildman–Crippen LogP) is 1.67. The lowest BCUT2D eigenvalue weighted by atomic mass is 9.92. The molecule has 0 amide bonds. The van der Waals surface area contributed by atoms with E-state index in [2.05, 4.69) is 54.5 Å². The smallest absolute Gasteiger partial charge is 0.109 e. The molecule has 2 rings (SSSR count). The molecular formula is C15H28N4. The van der Waals surface area contributed by atoms with E-state index in [1.165, 1.54) is 5.82 Å². The Bertz CT molecular complexity index is 408. The Labute approximate surface area is 117 Å². The Morgan fingerprint density at radius 3 is 2.79 bits per heavy atom. The number of hydrogen-bond acceptors (Lipinski definition) is 3. The van der Waals surface area contributed by atoms with Crippen molar-refractivity contribution >= 4 is 0 Å². The minimum atomic E-state index is 0.233. The normalized spacial score (nSPS) is 24.0. The topological polar surface area (TPSA) is 33.1 Å². The molecule has 108 valence electrons. The molecule has 1 aromatic rings. The summed E-state index contributed by atoms with van der Waals surface area (Å²) in [6, 6.07) is 0.606. The van der Waals surface area contributed by atoms with Gasteiger partial charge in [0.05, 0.1) is 0 Å². The molecule has 0 aromatic carbocycles. The van der Waals surface area contributed by atoms with Gasteiger partial charge in [-0.3, -0.25) is 4.90 Å². The summed E-state index contributed by atoms with van der Waals surface area (Å²) in [5, 5.41) is 3.68. The molecule has 1 unspecified atom stereocenters. The Morgan fingerprint density at radius 2 is 2.21 bits per heavy atom. The molecule has 0 aliphatic carbocycles. The Balaban J connectivity index is 1.97. The number of aryl methyl sites for hydroxylation is 1. The maximum Gasteiger partial charge on any atom is 0.109 e. The van der Waals surface area contributed by atoms with Gasteiger partial charge in [0.15, 0.2) is 0 Å². The van der Waals surface area contributed by atoms with Crippen LogP contribution in [0.25, 0.3) is 0 Å². The van der Waals surface area contributed by atoms with Gasteiger partial charge >= 0.3 is 0 Å². The first-order valence-corrected chi connectivity index (χ1v) is 7.35. The Morgan fingerprint density at radius 1 is 1.47 bits per heavy atom. The quantitative estimate of drug-likeness (QED) is 0.898. The predicted molar refractivity (Wildman–Crippen MR) is 79.2 cm³/mol. The number of hydrogen-bond donors (Lipinski definition) is 1. The summed E-state index contributed by atoms with van der Waals surface area (Å²) in [4.78, 5) is 7.04. The van der Waals surface area contributed by atoms with Crippen LogP contribution in [0.15, 0.2) is 12.4 Å². The van der Waals surface area contributed by atoms with Gasteiger partial charge in [0.2, 0.25) is 0 Å². The summed E-state index contributed by atoms with van der Waals surface area (Å²) in [7, 11) is 2.07. The molecule has 4 heteroatoms. The van der Waals surface area contributed by atoms with Gasteiger partial charge in [0, 0.05) is 57.1 Å². The van der Waals surface area contributed by atoms with E-state index in [-0.39, 0.29) is 5.54 Å². The van der Waals surface area contributed by atoms with Crippen LogP contribution in [0.5, 0.6) is 0 Å². The van der Waals surface area contributed by atoms with Crippen LogP contribution in [-0.2, 0) is 13.5 Å². The summed E-state index contributed by atoms with van der Waals surface area (Å²) >= 11 is 0. The molecule has 0 bridgehead atoms. The van der Waals surface area contributed by atoms with Crippen LogP contribution in [0.4, 0.5) is 0 Å². The zero-order valence-electron chi connectivity index (χ0n) is 13.0. The van der Waals surface area contributed by atoms with Crippen LogP contribution < -0.4 is 5.32 Å². The monoisotopic (exact) mass is 264 g/mol. The summed E-state index contributed by atoms with van der Waals surface area (Å²) in [5.74, 6) is 1.86. The van der Waals surface area contributed by atoms with Gasteiger partial charge in [-0.05, 0) is 19.8 Å². The molecule has 1 N–H and O–H groups in total. The lowest BCUT2D eigenvalue weighted by Gasteiger charge is -2.47. The van der Waals surface area contributed by atoms with E-state index in [1.807, 2.05) is 12.4 Å². The largest absolute Gasteiger partial charge is 0.338 e. The molecule has 1 atom stereocenters. The maximum absolute atomic E-state index is 4.42. The van der Waals surface area contributed by atoms with Crippen LogP contribution in [0.2, 0.25) is 0 Å². The van der Waals surface area contributed by atoms with Crippen molar-refractivity contribution in [3.63, 3.8) is 0 Å². The number of piperazine rings is 1. The fourth-order valence-corrected chi connectivity index (χ4v) is 2.75. The van der Waals surface area contributed by atoms with E-state index in [1.54, 1.807) is 0 Å². The highest BCUT2D eigenvalue weighted by molar-refractivity contribution is 4.97. The molecule has 1 aromatic heterocycles. The number of nitrogens with zero attached hydrogens (tertiary/aromatic N) is 3. The number of aromatic nitrogens is 2. The van der Waals surface area contributed by atoms with Crippen molar-refractivity contribution < 1.29 is 0 Å². The average molecular weight is 264 g/mol. The second-order valence-electron chi connectivity index (χ2n) is 6.69. The second kappa shape index (κ2) is 5.63. The lowest BCUT2D eigenvalue weighted by Crippen LogP contribution is -2.63. The van der Waals surface area contributed by atoms with E-state index >= 15 is 0 Å². The molecule has 4 nitrogen and oxygen atoms in total. The van der Waals surface area contributed by atoms with Gasteiger partial charge in [0.1, 0.15) is 5.82 Å². The van der Waals surface area contributed by atoms with E-state index in [9.17, 15) is 0 Å². The van der Waals surface area contributed by atoms with Crippen molar-refractivity contribution in [2.75, 3.05) is 19.6 Å². The van der Waals surface area contributed by atoms with E-state index in [0.29, 0.717) is 12.0 Å². The first-order valence-electron chi connectivity index (χ1n) is 7.35. The number of imidazole rings is 1. The van der Waals surface area contributed by atoms with E-state index < -0.39 is 0 Å². The fraction of sp³-hybridized carbons (Fsp3) is 0.800. The maximum atomic E-state index is 4.42. The lowest BCUT2D eigenvalue weighted by molar-refractivity contribution is 0.0552. The highest BCUT2D eigenvalue weighted by Gasteiger charge is 2.34. The summed E-state index contributed by atoms with van der Waals surface area (Å²) < 4.78 is 2.12. The third-order valence-corrected chi connectivity index (χ3v) is 4.40. The standard InChI is InChI=1S/C15H28N4/c1-12(2)13-10-19(15(3,4)11-17-13)8-6-14-16-7-9-18(14)5/h7,9,12-13,17H,6,8,10-11H2,1-5H3. The molecule has 1 saturated heterocycles. The summed E-state index contributed by atoms with van der Waals surface area (Å²) in [6.07, 6.45) is 4.93. The molecule has 0 saturated carbocycles. The minimum absolute atomic E-state index is 0.233. The first kappa shape index (κ1) is 14.5. The van der Waals surface area contributed by atoms with Crippen LogP contribution in [0.3, 0.4) is 0 Å². The third-order valence-electron chi connectivity index (χ3n) is 4.40. The third kappa shape index (κ3) is 3.37. The zero-order valence-corrected chi connectivity index (χ0v) is 13.0. The Hall–Kier alpha value is -0.870. The zero-order chi connectivity index (χ0) is 14.0. The first-order chi connectivity index (χ1) is 8.90. The highest BCUT2D eigenvalue weighted by atomic mass is 15.3. The van der Waals surface area contributed by atoms with Gasteiger partial charge in [-0.1, -0.05) is 13.8 Å². The van der Waals surface area contributed by atoms with Gasteiger partial charge in [-0.15, -0.1) is 0 Å². The average Bonchev–Trinajstić information content (AvgIpc) is 2.73. The van der Waals surface area contributed by atoms with Gasteiger partial charge in [-0.25, -0.2) is 4.98 Å². The Kier molecular flexibility index (Phi) is 4.31. The van der Waals surface area contributed by atoms with Crippen molar-refractivity contribution in [1.82, 2.24) is 19.8 Å². The van der Waals surface area contributed by atoms with Crippen molar-refractivity contribution in [3.8, 4) is 0 Å². The molecule has 2 heterocycles. The highest BCUT2D eigenvalue weighted by Crippen LogP contribution is 2.21. The molecule has 19 heavy (non-hydrogen) atoms. The summed E-state index contributed by atoms with van der Waals surface area (Å²) in [6.45, 7) is 12.5. The van der Waals surface area contributed by atoms with Crippen LogP contribution >= 0.6 is 0 Å². The van der Waals surface area contributed by atoms with E-state index in [4.69, 9.17) is 0 Å². The van der Waals surface area contributed by atoms with Gasteiger partial charge < -0.3 is 9.88 Å². The van der Waals surface area contributed by atoms with E-state index in [0.717, 1.165) is 26.1 Å². The van der Waals surface area contributed by atoms with Crippen molar-refractivity contribution in [2.45, 2.75) is 45.7 Å². The summed E-state index contributed by atoms with van der Waals surface area (Å²) in [5.41, 5.74) is 0.233. The molecular weight excluding hydrogens is 236 g/mol. The molecule has 0 radical (unpaired) electrons. The van der Waals surface area contributed by atoms with Crippen LogP contribution in [0, 0.1) is 5.92 Å². The van der Waals surface area contributed by atoms with Crippen LogP contribution in [-0.4, -0.2) is 45.7 Å². The number of rotatable bonds is 4. The van der Waals surface area contributed by atoms with Crippen molar-refractivity contribution in [3.05, 3.63) is 18.2 Å². The molecule has 0 spiro atoms. The molecule has 1 fully saturated rings. The second-order valence-corrected chi connectivity index (χ2v) is 6.69. The SMILES string of the molecule is CC(C)C1CN(CCc2nccn2C)C(C)(C)CN1. The van der Waals surface area contributed by atoms with Crippen LogP contribution in [0.1, 0.15) is 33.5 Å². The minimum Gasteiger partial charge on any atom is -0.338 e. The van der Waals surface area contributed by atoms with Gasteiger partial charge in [-0.2, -0.15) is 0 Å². The van der Waals surface area contributed by atoms with Crippen molar-refractivity contribution in [1.29, 1.82) is 0 Å². The fourth-order valence-electron chi connectivity index (χ4n) is 2.75.